The quantitative estimate of drug-likeness (QED) is 0.657. The fraction of sp³-hybridized carbons (Fsp3) is 0.833. The highest BCUT2D eigenvalue weighted by molar-refractivity contribution is 5.86. The Morgan fingerprint density at radius 2 is 1.87 bits per heavy atom. The van der Waals surface area contributed by atoms with Gasteiger partial charge in [-0.05, 0) is 26.2 Å². The second-order valence-electron chi connectivity index (χ2n) is 4.28. The van der Waals surface area contributed by atoms with E-state index in [1.54, 1.807) is 0 Å². The van der Waals surface area contributed by atoms with Crippen LogP contribution in [0.2, 0.25) is 0 Å². The number of hydrogen-bond donors (Lipinski definition) is 0. The van der Waals surface area contributed by atoms with Gasteiger partial charge in [-0.15, -0.1) is 0 Å². The van der Waals surface area contributed by atoms with Crippen molar-refractivity contribution in [2.75, 3.05) is 6.61 Å². The molecule has 1 aliphatic carbocycles. The molecule has 86 valence electrons. The maximum absolute atomic E-state index is 11.7. The van der Waals surface area contributed by atoms with Gasteiger partial charge >= 0.3 is 5.97 Å². The number of ketones is 1. The summed E-state index contributed by atoms with van der Waals surface area (Å²) in [7, 11) is 0. The Hall–Kier alpha value is -0.860. The van der Waals surface area contributed by atoms with Gasteiger partial charge in [0, 0.05) is 12.3 Å². The lowest BCUT2D eigenvalue weighted by molar-refractivity contribution is -0.166. The largest absolute Gasteiger partial charge is 0.466 e. The maximum atomic E-state index is 11.7. The molecule has 1 saturated carbocycles. The Morgan fingerprint density at radius 3 is 2.27 bits per heavy atom. The van der Waals surface area contributed by atoms with Gasteiger partial charge in [0.15, 0.2) is 0 Å². The van der Waals surface area contributed by atoms with Crippen LogP contribution in [0.1, 0.15) is 46.5 Å². The van der Waals surface area contributed by atoms with E-state index in [0.717, 1.165) is 6.42 Å². The molecule has 0 saturated heterocycles. The minimum Gasteiger partial charge on any atom is -0.466 e. The number of ether oxygens (including phenoxy) is 1. The first-order valence-corrected chi connectivity index (χ1v) is 5.79. The molecule has 0 bridgehead atoms. The van der Waals surface area contributed by atoms with Gasteiger partial charge in [0.1, 0.15) is 5.78 Å². The number of Topliss-reactive ketones (excluding diaryl/α,β-unsaturated/α-hetero) is 1. The maximum Gasteiger partial charge on any atom is 0.312 e. The van der Waals surface area contributed by atoms with Crippen molar-refractivity contribution >= 4 is 11.8 Å². The highest BCUT2D eigenvalue weighted by Crippen LogP contribution is 2.49. The van der Waals surface area contributed by atoms with Crippen LogP contribution in [0.3, 0.4) is 0 Å². The number of rotatable bonds is 5. The smallest absolute Gasteiger partial charge is 0.312 e. The van der Waals surface area contributed by atoms with E-state index < -0.39 is 0 Å². The minimum atomic E-state index is -0.356. The fourth-order valence-electron chi connectivity index (χ4n) is 2.28. The van der Waals surface area contributed by atoms with Gasteiger partial charge in [0.2, 0.25) is 0 Å². The molecular weight excluding hydrogens is 192 g/mol. The third-order valence-electron chi connectivity index (χ3n) is 3.46. The molecule has 0 radical (unpaired) electrons. The van der Waals surface area contributed by atoms with Crippen molar-refractivity contribution in [3.63, 3.8) is 0 Å². The molecule has 0 amide bonds. The summed E-state index contributed by atoms with van der Waals surface area (Å²) in [5.74, 6) is 0.260. The van der Waals surface area contributed by atoms with Crippen LogP contribution in [0.5, 0.6) is 0 Å². The van der Waals surface area contributed by atoms with Crippen molar-refractivity contribution in [1.82, 2.24) is 0 Å². The minimum absolute atomic E-state index is 0.0966. The predicted octanol–water partition coefficient (Wildman–Crippen LogP) is 2.33. The second kappa shape index (κ2) is 4.77. The van der Waals surface area contributed by atoms with E-state index >= 15 is 0 Å². The van der Waals surface area contributed by atoms with E-state index in [1.165, 1.54) is 0 Å². The van der Waals surface area contributed by atoms with E-state index in [2.05, 4.69) is 0 Å². The fourth-order valence-corrected chi connectivity index (χ4v) is 2.28. The second-order valence-corrected chi connectivity index (χ2v) is 4.28. The third kappa shape index (κ3) is 2.21. The van der Waals surface area contributed by atoms with E-state index in [9.17, 15) is 9.59 Å². The Labute approximate surface area is 91.2 Å². The lowest BCUT2D eigenvalue weighted by Gasteiger charge is -2.44. The molecule has 1 aliphatic rings. The van der Waals surface area contributed by atoms with Gasteiger partial charge in [-0.3, -0.25) is 9.59 Å². The molecule has 0 aromatic carbocycles. The van der Waals surface area contributed by atoms with Crippen molar-refractivity contribution in [3.05, 3.63) is 0 Å². The average molecular weight is 212 g/mol. The molecule has 3 heteroatoms. The number of hydrogen-bond acceptors (Lipinski definition) is 3. The summed E-state index contributed by atoms with van der Waals surface area (Å²) >= 11 is 0. The van der Waals surface area contributed by atoms with E-state index in [-0.39, 0.29) is 23.1 Å². The summed E-state index contributed by atoms with van der Waals surface area (Å²) in [5.41, 5.74) is -0.356. The Kier molecular flexibility index (Phi) is 3.89. The van der Waals surface area contributed by atoms with Crippen molar-refractivity contribution < 1.29 is 14.3 Å². The van der Waals surface area contributed by atoms with Crippen LogP contribution in [0.25, 0.3) is 0 Å². The van der Waals surface area contributed by atoms with Crippen molar-refractivity contribution in [3.8, 4) is 0 Å². The summed E-state index contributed by atoms with van der Waals surface area (Å²) in [6.45, 7) is 6.10. The molecule has 0 spiro atoms. The summed E-state index contributed by atoms with van der Waals surface area (Å²) in [6, 6.07) is 0. The predicted molar refractivity (Wildman–Crippen MR) is 57.4 cm³/mol. The number of carbonyl (C=O) groups is 2. The van der Waals surface area contributed by atoms with Gasteiger partial charge < -0.3 is 4.74 Å². The van der Waals surface area contributed by atoms with Gasteiger partial charge in [0.05, 0.1) is 12.0 Å². The van der Waals surface area contributed by atoms with Gasteiger partial charge in [0.25, 0.3) is 0 Å². The molecule has 0 aromatic rings. The van der Waals surface area contributed by atoms with E-state index in [0.29, 0.717) is 25.9 Å². The van der Waals surface area contributed by atoms with Crippen LogP contribution in [0, 0.1) is 11.3 Å². The van der Waals surface area contributed by atoms with Crippen LogP contribution >= 0.6 is 0 Å². The zero-order chi connectivity index (χ0) is 11.5. The number of carbonyl (C=O) groups excluding carboxylic acids is 2. The Morgan fingerprint density at radius 1 is 1.27 bits per heavy atom. The molecule has 0 atom stereocenters. The molecule has 0 aromatic heterocycles. The van der Waals surface area contributed by atoms with Crippen LogP contribution in [-0.2, 0) is 14.3 Å². The van der Waals surface area contributed by atoms with Crippen LogP contribution < -0.4 is 0 Å². The normalized spacial score (nSPS) is 29.4. The van der Waals surface area contributed by atoms with Gasteiger partial charge in [-0.1, -0.05) is 13.8 Å². The first kappa shape index (κ1) is 12.2. The monoisotopic (exact) mass is 212 g/mol. The molecule has 15 heavy (non-hydrogen) atoms. The zero-order valence-corrected chi connectivity index (χ0v) is 9.84. The first-order chi connectivity index (χ1) is 7.09. The summed E-state index contributed by atoms with van der Waals surface area (Å²) in [6.07, 6.45) is 2.73. The molecule has 3 nitrogen and oxygen atoms in total. The standard InChI is InChI=1S/C12H20O3/c1-4-10(13)9-7-12(5-2,8-9)11(14)15-6-3/h9H,4-8H2,1-3H3. The Bertz CT molecular complexity index is 252. The van der Waals surface area contributed by atoms with Gasteiger partial charge in [-0.2, -0.15) is 0 Å². The first-order valence-electron chi connectivity index (χ1n) is 5.79. The van der Waals surface area contributed by atoms with Gasteiger partial charge in [-0.25, -0.2) is 0 Å². The lowest BCUT2D eigenvalue weighted by atomic mass is 9.59. The van der Waals surface area contributed by atoms with Crippen molar-refractivity contribution in [2.24, 2.45) is 11.3 Å². The topological polar surface area (TPSA) is 43.4 Å². The molecule has 1 fully saturated rings. The van der Waals surface area contributed by atoms with E-state index in [4.69, 9.17) is 4.74 Å². The highest BCUT2D eigenvalue weighted by atomic mass is 16.5. The number of esters is 1. The SMILES string of the molecule is CCOC(=O)C1(CC)CC(C(=O)CC)C1. The molecular formula is C12H20O3. The van der Waals surface area contributed by atoms with Crippen LogP contribution in [0.15, 0.2) is 0 Å². The Balaban J connectivity index is 2.55. The molecule has 1 rings (SSSR count). The lowest BCUT2D eigenvalue weighted by Crippen LogP contribution is -2.47. The molecule has 0 unspecified atom stereocenters. The van der Waals surface area contributed by atoms with Crippen molar-refractivity contribution in [2.45, 2.75) is 46.5 Å². The third-order valence-corrected chi connectivity index (χ3v) is 3.46. The summed E-state index contributed by atoms with van der Waals surface area (Å²) < 4.78 is 5.05. The van der Waals surface area contributed by atoms with Crippen LogP contribution in [-0.4, -0.2) is 18.4 Å². The molecule has 0 heterocycles. The van der Waals surface area contributed by atoms with Crippen molar-refractivity contribution in [1.29, 1.82) is 0 Å². The zero-order valence-electron chi connectivity index (χ0n) is 9.84. The van der Waals surface area contributed by atoms with Crippen LogP contribution in [0.4, 0.5) is 0 Å². The summed E-state index contributed by atoms with van der Waals surface area (Å²) in [4.78, 5) is 23.1. The molecule has 0 aliphatic heterocycles. The average Bonchev–Trinajstić information content (AvgIpc) is 2.17. The molecule has 0 N–H and O–H groups in total. The van der Waals surface area contributed by atoms with E-state index in [1.807, 2.05) is 20.8 Å². The summed E-state index contributed by atoms with van der Waals surface area (Å²) in [5, 5.41) is 0. The highest BCUT2D eigenvalue weighted by Gasteiger charge is 2.51.